The summed E-state index contributed by atoms with van der Waals surface area (Å²) in [5, 5.41) is 0. The monoisotopic (exact) mass is 366 g/mol. The maximum absolute atomic E-state index is 13.4. The van der Waals surface area contributed by atoms with Crippen molar-refractivity contribution in [2.45, 2.75) is 38.5 Å². The number of hydrogen-bond donors (Lipinski definition) is 0. The van der Waals surface area contributed by atoms with Crippen LogP contribution >= 0.6 is 0 Å². The Kier molecular flexibility index (Phi) is 6.53. The molecule has 0 N–H and O–H groups in total. The Labute approximate surface area is 142 Å². The molecular formula is C17H19F5O3. The Bertz CT molecular complexity index is 561. The summed E-state index contributed by atoms with van der Waals surface area (Å²) >= 11 is 0. The van der Waals surface area contributed by atoms with Crippen LogP contribution < -0.4 is 0 Å². The first-order valence-electron chi connectivity index (χ1n) is 7.81. The summed E-state index contributed by atoms with van der Waals surface area (Å²) in [7, 11) is 0. The van der Waals surface area contributed by atoms with Crippen LogP contribution in [0.25, 0.3) is 0 Å². The lowest BCUT2D eigenvalue weighted by atomic mass is 10.0. The number of allylic oxidation sites excluding steroid dienone is 2. The normalized spacial score (nSPS) is 22.5. The molecule has 1 heterocycles. The number of ether oxygens (including phenoxy) is 3. The SMILES string of the molecule is CC=CCCC1COC(c2ccc(C(F)(F)OC(F)(F)F)cc2)OC1. The quantitative estimate of drug-likeness (QED) is 0.506. The van der Waals surface area contributed by atoms with Crippen molar-refractivity contribution in [2.75, 3.05) is 13.2 Å². The third kappa shape index (κ3) is 6.05. The van der Waals surface area contributed by atoms with E-state index in [1.807, 2.05) is 19.1 Å². The van der Waals surface area contributed by atoms with Gasteiger partial charge in [-0.1, -0.05) is 24.3 Å². The van der Waals surface area contributed by atoms with Crippen LogP contribution in [0.4, 0.5) is 22.0 Å². The molecule has 3 nitrogen and oxygen atoms in total. The summed E-state index contributed by atoms with van der Waals surface area (Å²) < 4.78 is 76.8. The van der Waals surface area contributed by atoms with E-state index in [-0.39, 0.29) is 5.92 Å². The summed E-state index contributed by atoms with van der Waals surface area (Å²) in [5.74, 6) is 0.247. The molecule has 0 bridgehead atoms. The molecule has 2 rings (SSSR count). The molecule has 0 radical (unpaired) electrons. The van der Waals surface area contributed by atoms with E-state index >= 15 is 0 Å². The van der Waals surface area contributed by atoms with Gasteiger partial charge in [-0.25, -0.2) is 4.74 Å². The summed E-state index contributed by atoms with van der Waals surface area (Å²) in [6, 6.07) is 4.22. The summed E-state index contributed by atoms with van der Waals surface area (Å²) in [6.45, 7) is 2.88. The Balaban J connectivity index is 1.93. The first-order chi connectivity index (χ1) is 11.7. The second-order valence-electron chi connectivity index (χ2n) is 5.70. The molecule has 1 aliphatic heterocycles. The topological polar surface area (TPSA) is 27.7 Å². The highest BCUT2D eigenvalue weighted by Crippen LogP contribution is 2.37. The molecule has 0 atom stereocenters. The summed E-state index contributed by atoms with van der Waals surface area (Å²) in [6.07, 6.45) is -4.76. The van der Waals surface area contributed by atoms with Crippen molar-refractivity contribution in [1.29, 1.82) is 0 Å². The van der Waals surface area contributed by atoms with Crippen LogP contribution in [0.5, 0.6) is 0 Å². The zero-order valence-corrected chi connectivity index (χ0v) is 13.6. The minimum absolute atomic E-state index is 0.247. The molecule has 0 spiro atoms. The fourth-order valence-corrected chi connectivity index (χ4v) is 2.44. The number of hydrogen-bond acceptors (Lipinski definition) is 3. The van der Waals surface area contributed by atoms with Gasteiger partial charge >= 0.3 is 12.5 Å². The van der Waals surface area contributed by atoms with Crippen LogP contribution in [0.1, 0.15) is 37.2 Å². The van der Waals surface area contributed by atoms with Gasteiger partial charge in [-0.15, -0.1) is 13.2 Å². The summed E-state index contributed by atoms with van der Waals surface area (Å²) in [4.78, 5) is 0. The van der Waals surface area contributed by atoms with Crippen molar-refractivity contribution in [3.05, 3.63) is 47.5 Å². The molecule has 1 aromatic carbocycles. The molecule has 8 heteroatoms. The number of benzene rings is 1. The maximum atomic E-state index is 13.4. The van der Waals surface area contributed by atoms with Crippen molar-refractivity contribution in [1.82, 2.24) is 0 Å². The van der Waals surface area contributed by atoms with Crippen molar-refractivity contribution < 1.29 is 36.2 Å². The van der Waals surface area contributed by atoms with Gasteiger partial charge in [0.15, 0.2) is 6.29 Å². The minimum atomic E-state index is -5.43. The molecule has 25 heavy (non-hydrogen) atoms. The predicted octanol–water partition coefficient (Wildman–Crippen LogP) is 5.29. The van der Waals surface area contributed by atoms with E-state index in [1.165, 1.54) is 12.1 Å². The molecule has 0 aliphatic carbocycles. The van der Waals surface area contributed by atoms with E-state index in [2.05, 4.69) is 4.74 Å². The zero-order valence-electron chi connectivity index (χ0n) is 13.6. The van der Waals surface area contributed by atoms with Crippen LogP contribution in [0, 0.1) is 5.92 Å². The smallest absolute Gasteiger partial charge is 0.348 e. The van der Waals surface area contributed by atoms with Crippen LogP contribution in [-0.2, 0) is 20.3 Å². The highest BCUT2D eigenvalue weighted by molar-refractivity contribution is 5.25. The van der Waals surface area contributed by atoms with Gasteiger partial charge in [-0.05, 0) is 31.9 Å². The third-order valence-corrected chi connectivity index (χ3v) is 3.71. The standard InChI is InChI=1S/C17H19F5O3/c1-2-3-4-5-12-10-23-15(24-11-12)13-6-8-14(9-7-13)16(18,19)25-17(20,21)22/h2-3,6-9,12,15H,4-5,10-11H2,1H3. The average molecular weight is 366 g/mol. The molecular weight excluding hydrogens is 347 g/mol. The number of halogens is 5. The van der Waals surface area contributed by atoms with Gasteiger partial charge in [0, 0.05) is 11.5 Å². The molecule has 0 unspecified atom stereocenters. The Morgan fingerprint density at radius 3 is 2.20 bits per heavy atom. The van der Waals surface area contributed by atoms with Gasteiger partial charge in [-0.2, -0.15) is 8.78 Å². The number of alkyl halides is 5. The molecule has 140 valence electrons. The predicted molar refractivity (Wildman–Crippen MR) is 79.7 cm³/mol. The van der Waals surface area contributed by atoms with Crippen molar-refractivity contribution in [2.24, 2.45) is 5.92 Å². The lowest BCUT2D eigenvalue weighted by molar-refractivity contribution is -0.431. The zero-order chi connectivity index (χ0) is 18.5. The van der Waals surface area contributed by atoms with Crippen LogP contribution in [-0.4, -0.2) is 19.6 Å². The molecule has 0 aromatic heterocycles. The fourth-order valence-electron chi connectivity index (χ4n) is 2.44. The lowest BCUT2D eigenvalue weighted by Gasteiger charge is -2.29. The molecule has 1 aliphatic rings. The van der Waals surface area contributed by atoms with Crippen molar-refractivity contribution >= 4 is 0 Å². The highest BCUT2D eigenvalue weighted by atomic mass is 19.4. The molecule has 1 saturated heterocycles. The highest BCUT2D eigenvalue weighted by Gasteiger charge is 2.46. The van der Waals surface area contributed by atoms with E-state index in [9.17, 15) is 22.0 Å². The van der Waals surface area contributed by atoms with Gasteiger partial charge in [0.2, 0.25) is 0 Å². The van der Waals surface area contributed by atoms with E-state index in [4.69, 9.17) is 9.47 Å². The van der Waals surface area contributed by atoms with Crippen LogP contribution in [0.15, 0.2) is 36.4 Å². The van der Waals surface area contributed by atoms with E-state index < -0.39 is 24.3 Å². The Morgan fingerprint density at radius 1 is 1.08 bits per heavy atom. The first kappa shape index (κ1) is 19.8. The van der Waals surface area contributed by atoms with E-state index in [0.29, 0.717) is 18.8 Å². The summed E-state index contributed by atoms with van der Waals surface area (Å²) in [5.41, 5.74) is -0.438. The van der Waals surface area contributed by atoms with Gasteiger partial charge < -0.3 is 9.47 Å². The fraction of sp³-hybridized carbons (Fsp3) is 0.529. The van der Waals surface area contributed by atoms with Gasteiger partial charge in [0.1, 0.15) is 0 Å². The second kappa shape index (κ2) is 8.25. The van der Waals surface area contributed by atoms with Gasteiger partial charge in [0.25, 0.3) is 0 Å². The molecule has 0 saturated carbocycles. The Hall–Kier alpha value is -1.51. The second-order valence-corrected chi connectivity index (χ2v) is 5.70. The van der Waals surface area contributed by atoms with Crippen LogP contribution in [0.3, 0.4) is 0 Å². The maximum Gasteiger partial charge on any atom is 0.527 e. The minimum Gasteiger partial charge on any atom is -0.348 e. The van der Waals surface area contributed by atoms with Gasteiger partial charge in [-0.3, -0.25) is 0 Å². The van der Waals surface area contributed by atoms with E-state index in [0.717, 1.165) is 25.0 Å². The van der Waals surface area contributed by atoms with Crippen LogP contribution in [0.2, 0.25) is 0 Å². The number of rotatable bonds is 6. The Morgan fingerprint density at radius 2 is 1.68 bits per heavy atom. The third-order valence-electron chi connectivity index (χ3n) is 3.71. The largest absolute Gasteiger partial charge is 0.527 e. The van der Waals surface area contributed by atoms with Gasteiger partial charge in [0.05, 0.1) is 18.8 Å². The average Bonchev–Trinajstić information content (AvgIpc) is 2.54. The molecule has 1 fully saturated rings. The lowest BCUT2D eigenvalue weighted by Crippen LogP contribution is -2.28. The first-order valence-corrected chi connectivity index (χ1v) is 7.81. The van der Waals surface area contributed by atoms with E-state index in [1.54, 1.807) is 0 Å². The molecule has 0 amide bonds. The van der Waals surface area contributed by atoms with Crippen molar-refractivity contribution in [3.63, 3.8) is 0 Å². The van der Waals surface area contributed by atoms with Crippen molar-refractivity contribution in [3.8, 4) is 0 Å². The molecule has 1 aromatic rings.